The molecule has 3 atom stereocenters. The Balaban J connectivity index is 2.41. The van der Waals surface area contributed by atoms with Crippen molar-refractivity contribution in [2.45, 2.75) is 39.2 Å². The first-order valence-corrected chi connectivity index (χ1v) is 7.76. The number of hydrogen-bond acceptors (Lipinski definition) is 3. The Morgan fingerprint density at radius 1 is 1.25 bits per heavy atom. The summed E-state index contributed by atoms with van der Waals surface area (Å²) < 4.78 is 26.4. The minimum Gasteiger partial charge on any atom is -0.320 e. The van der Waals surface area contributed by atoms with Gasteiger partial charge in [0, 0.05) is 6.04 Å². The summed E-state index contributed by atoms with van der Waals surface area (Å²) in [6.07, 6.45) is 2.78. The fourth-order valence-electron chi connectivity index (χ4n) is 2.26. The van der Waals surface area contributed by atoms with Crippen molar-refractivity contribution in [1.82, 2.24) is 10.0 Å². The van der Waals surface area contributed by atoms with Crippen molar-refractivity contribution >= 4 is 10.0 Å². The summed E-state index contributed by atoms with van der Waals surface area (Å²) >= 11 is 0. The molecule has 0 bridgehead atoms. The van der Waals surface area contributed by atoms with E-state index in [-0.39, 0.29) is 11.8 Å². The van der Waals surface area contributed by atoms with Crippen LogP contribution in [0.25, 0.3) is 0 Å². The van der Waals surface area contributed by atoms with Crippen LogP contribution in [-0.2, 0) is 10.0 Å². The molecule has 1 aliphatic rings. The summed E-state index contributed by atoms with van der Waals surface area (Å²) in [6, 6.07) is 0.148. The van der Waals surface area contributed by atoms with Gasteiger partial charge in [-0.25, -0.2) is 13.1 Å². The Bertz CT molecular complexity index is 303. The zero-order chi connectivity index (χ0) is 12.2. The lowest BCUT2D eigenvalue weighted by Crippen LogP contribution is -2.39. The van der Waals surface area contributed by atoms with Crippen LogP contribution in [0.2, 0.25) is 0 Å². The van der Waals surface area contributed by atoms with E-state index in [0.29, 0.717) is 18.3 Å². The minimum absolute atomic E-state index is 0.148. The first kappa shape index (κ1) is 13.9. The fraction of sp³-hybridized carbons (Fsp3) is 1.00. The van der Waals surface area contributed by atoms with Gasteiger partial charge in [-0.15, -0.1) is 0 Å². The van der Waals surface area contributed by atoms with Gasteiger partial charge in [0.1, 0.15) is 0 Å². The molecule has 0 saturated heterocycles. The van der Waals surface area contributed by atoms with Gasteiger partial charge in [-0.1, -0.05) is 13.8 Å². The molecule has 0 aromatic rings. The molecule has 0 aromatic carbocycles. The molecular formula is C11H24N2O2S. The summed E-state index contributed by atoms with van der Waals surface area (Å²) in [4.78, 5) is 0. The summed E-state index contributed by atoms with van der Waals surface area (Å²) in [5.41, 5.74) is 0. The van der Waals surface area contributed by atoms with E-state index in [4.69, 9.17) is 0 Å². The van der Waals surface area contributed by atoms with Crippen LogP contribution in [0.4, 0.5) is 0 Å². The second-order valence-electron chi connectivity index (χ2n) is 4.91. The molecule has 4 nitrogen and oxygen atoms in total. The molecule has 5 heteroatoms. The predicted molar refractivity (Wildman–Crippen MR) is 66.8 cm³/mol. The number of nitrogens with one attached hydrogen (secondary N) is 2. The molecule has 0 amide bonds. The lowest BCUT2D eigenvalue weighted by Gasteiger charge is -2.19. The second-order valence-corrected chi connectivity index (χ2v) is 6.79. The molecule has 0 radical (unpaired) electrons. The third-order valence-electron chi connectivity index (χ3n) is 3.64. The molecule has 2 N–H and O–H groups in total. The van der Waals surface area contributed by atoms with E-state index < -0.39 is 10.0 Å². The third-order valence-corrected chi connectivity index (χ3v) is 5.12. The van der Waals surface area contributed by atoms with E-state index in [1.54, 1.807) is 0 Å². The monoisotopic (exact) mass is 248 g/mol. The molecule has 16 heavy (non-hydrogen) atoms. The van der Waals surface area contributed by atoms with Gasteiger partial charge in [-0.2, -0.15) is 0 Å². The Morgan fingerprint density at radius 2 is 1.94 bits per heavy atom. The van der Waals surface area contributed by atoms with Crippen LogP contribution in [0.3, 0.4) is 0 Å². The quantitative estimate of drug-likeness (QED) is 0.688. The maximum Gasteiger partial charge on any atom is 0.211 e. The van der Waals surface area contributed by atoms with E-state index in [1.807, 2.05) is 7.05 Å². The van der Waals surface area contributed by atoms with Crippen molar-refractivity contribution in [3.8, 4) is 0 Å². The SMILES string of the molecule is CNCCCS(=O)(=O)NC1CCC(C)C1C. The highest BCUT2D eigenvalue weighted by molar-refractivity contribution is 7.89. The van der Waals surface area contributed by atoms with E-state index >= 15 is 0 Å². The van der Waals surface area contributed by atoms with Crippen LogP contribution in [-0.4, -0.2) is 33.8 Å². The lowest BCUT2D eigenvalue weighted by atomic mass is 9.98. The van der Waals surface area contributed by atoms with Crippen LogP contribution in [0.1, 0.15) is 33.1 Å². The third kappa shape index (κ3) is 4.03. The Kier molecular flexibility index (Phi) is 5.21. The standard InChI is InChI=1S/C11H24N2O2S/c1-9-5-6-11(10(9)2)13-16(14,15)8-4-7-12-3/h9-13H,4-8H2,1-3H3. The summed E-state index contributed by atoms with van der Waals surface area (Å²) in [5.74, 6) is 1.31. The molecule has 3 unspecified atom stereocenters. The molecule has 0 spiro atoms. The number of rotatable bonds is 6. The predicted octanol–water partition coefficient (Wildman–Crippen LogP) is 0.950. The van der Waals surface area contributed by atoms with Crippen LogP contribution < -0.4 is 10.0 Å². The topological polar surface area (TPSA) is 58.2 Å². The zero-order valence-corrected chi connectivity index (χ0v) is 11.3. The van der Waals surface area contributed by atoms with Gasteiger partial charge < -0.3 is 5.32 Å². The summed E-state index contributed by atoms with van der Waals surface area (Å²) in [6.45, 7) is 5.08. The smallest absolute Gasteiger partial charge is 0.211 e. The first-order valence-electron chi connectivity index (χ1n) is 6.11. The van der Waals surface area contributed by atoms with Gasteiger partial charge in [0.05, 0.1) is 5.75 Å². The molecule has 1 saturated carbocycles. The largest absolute Gasteiger partial charge is 0.320 e. The number of hydrogen-bond donors (Lipinski definition) is 2. The van der Waals surface area contributed by atoms with E-state index in [9.17, 15) is 8.42 Å². The van der Waals surface area contributed by atoms with Gasteiger partial charge in [0.15, 0.2) is 0 Å². The molecule has 0 heterocycles. The molecule has 1 fully saturated rings. The average Bonchev–Trinajstić information content (AvgIpc) is 2.49. The molecule has 1 rings (SSSR count). The molecule has 1 aliphatic carbocycles. The minimum atomic E-state index is -3.08. The maximum absolute atomic E-state index is 11.8. The molecule has 0 aromatic heterocycles. The van der Waals surface area contributed by atoms with E-state index in [1.165, 1.54) is 0 Å². The van der Waals surface area contributed by atoms with Gasteiger partial charge in [0.2, 0.25) is 10.0 Å². The van der Waals surface area contributed by atoms with Crippen LogP contribution in [0.15, 0.2) is 0 Å². The molecule has 0 aliphatic heterocycles. The fourth-order valence-corrected chi connectivity index (χ4v) is 3.70. The van der Waals surface area contributed by atoms with Crippen molar-refractivity contribution in [3.05, 3.63) is 0 Å². The highest BCUT2D eigenvalue weighted by atomic mass is 32.2. The van der Waals surface area contributed by atoms with Crippen molar-refractivity contribution < 1.29 is 8.42 Å². The summed E-state index contributed by atoms with van der Waals surface area (Å²) in [5, 5.41) is 2.96. The Morgan fingerprint density at radius 3 is 2.44 bits per heavy atom. The Labute approximate surface area is 99.2 Å². The summed E-state index contributed by atoms with van der Waals surface area (Å²) in [7, 11) is -1.25. The van der Waals surface area contributed by atoms with Crippen LogP contribution >= 0.6 is 0 Å². The molecule has 96 valence electrons. The van der Waals surface area contributed by atoms with Gasteiger partial charge in [-0.3, -0.25) is 0 Å². The lowest BCUT2D eigenvalue weighted by molar-refractivity contribution is 0.402. The van der Waals surface area contributed by atoms with Crippen molar-refractivity contribution in [3.63, 3.8) is 0 Å². The van der Waals surface area contributed by atoms with Crippen molar-refractivity contribution in [1.29, 1.82) is 0 Å². The van der Waals surface area contributed by atoms with Crippen LogP contribution in [0.5, 0.6) is 0 Å². The second kappa shape index (κ2) is 5.98. The Hall–Kier alpha value is -0.130. The highest BCUT2D eigenvalue weighted by Crippen LogP contribution is 2.31. The van der Waals surface area contributed by atoms with Crippen molar-refractivity contribution in [2.24, 2.45) is 11.8 Å². The zero-order valence-electron chi connectivity index (χ0n) is 10.5. The molecular weight excluding hydrogens is 224 g/mol. The maximum atomic E-state index is 11.8. The number of sulfonamides is 1. The van der Waals surface area contributed by atoms with Crippen LogP contribution in [0, 0.1) is 11.8 Å². The normalized spacial score (nSPS) is 30.8. The van der Waals surface area contributed by atoms with Gasteiger partial charge in [-0.05, 0) is 44.7 Å². The van der Waals surface area contributed by atoms with Crippen molar-refractivity contribution in [2.75, 3.05) is 19.3 Å². The van der Waals surface area contributed by atoms with Gasteiger partial charge in [0.25, 0.3) is 0 Å². The first-order chi connectivity index (χ1) is 7.46. The van der Waals surface area contributed by atoms with E-state index in [0.717, 1.165) is 19.4 Å². The van der Waals surface area contributed by atoms with E-state index in [2.05, 4.69) is 23.9 Å². The highest BCUT2D eigenvalue weighted by Gasteiger charge is 2.32. The van der Waals surface area contributed by atoms with Gasteiger partial charge >= 0.3 is 0 Å². The average molecular weight is 248 g/mol.